The summed E-state index contributed by atoms with van der Waals surface area (Å²) >= 11 is 0. The highest BCUT2D eigenvalue weighted by Crippen LogP contribution is 2.19. The molecule has 0 spiro atoms. The van der Waals surface area contributed by atoms with Crippen LogP contribution in [0.2, 0.25) is 0 Å². The van der Waals surface area contributed by atoms with Crippen LogP contribution in [0.25, 0.3) is 0 Å². The lowest BCUT2D eigenvalue weighted by Gasteiger charge is -2.22. The number of carbonyl (C=O) groups is 1. The Labute approximate surface area is 186 Å². The van der Waals surface area contributed by atoms with Crippen molar-refractivity contribution in [2.75, 3.05) is 13.2 Å². The Morgan fingerprint density at radius 3 is 2.52 bits per heavy atom. The van der Waals surface area contributed by atoms with Crippen molar-refractivity contribution in [2.45, 2.75) is 71.0 Å². The first kappa shape index (κ1) is 23.1. The Balaban J connectivity index is 1.37. The topological polar surface area (TPSA) is 59.6 Å². The zero-order valence-electron chi connectivity index (χ0n) is 18.7. The summed E-state index contributed by atoms with van der Waals surface area (Å²) in [7, 11) is 0. The van der Waals surface area contributed by atoms with Crippen LogP contribution in [0.4, 0.5) is 0 Å². The van der Waals surface area contributed by atoms with Gasteiger partial charge in [-0.3, -0.25) is 4.79 Å². The van der Waals surface area contributed by atoms with Crippen molar-refractivity contribution in [3.05, 3.63) is 59.7 Å². The third kappa shape index (κ3) is 8.25. The third-order valence-corrected chi connectivity index (χ3v) is 5.70. The van der Waals surface area contributed by atoms with E-state index >= 15 is 0 Å². The van der Waals surface area contributed by atoms with Gasteiger partial charge in [0.2, 0.25) is 0 Å². The lowest BCUT2D eigenvalue weighted by Crippen LogP contribution is -2.30. The molecule has 5 heteroatoms. The second-order valence-electron chi connectivity index (χ2n) is 8.23. The standard InChI is InChI=1S/C26H36N2O3/c1-2-3-17-30-25-12-8-7-9-22(25)19-28-26(29)20-31-24-15-13-21(14-16-24)18-27-23-10-5-4-6-11-23/h7-9,12-16,23,27H,2-6,10-11,17-20H2,1H3,(H,28,29). The molecule has 0 aliphatic heterocycles. The maximum atomic E-state index is 12.2. The molecule has 0 unspecified atom stereocenters. The summed E-state index contributed by atoms with van der Waals surface area (Å²) in [5.74, 6) is 1.39. The van der Waals surface area contributed by atoms with Crippen molar-refractivity contribution in [1.82, 2.24) is 10.6 Å². The van der Waals surface area contributed by atoms with Gasteiger partial charge in [-0.15, -0.1) is 0 Å². The molecule has 1 aliphatic carbocycles. The summed E-state index contributed by atoms with van der Waals surface area (Å²) in [4.78, 5) is 12.2. The molecular weight excluding hydrogens is 388 g/mol. The van der Waals surface area contributed by atoms with E-state index in [4.69, 9.17) is 9.47 Å². The molecule has 168 valence electrons. The Bertz CT molecular complexity index is 785. The fourth-order valence-corrected chi connectivity index (χ4v) is 3.78. The van der Waals surface area contributed by atoms with E-state index in [2.05, 4.69) is 29.7 Å². The van der Waals surface area contributed by atoms with Gasteiger partial charge in [0.05, 0.1) is 6.61 Å². The molecule has 0 saturated heterocycles. The summed E-state index contributed by atoms with van der Waals surface area (Å²) in [6.07, 6.45) is 8.72. The number of ether oxygens (including phenoxy) is 2. The Kier molecular flexibility index (Phi) is 9.71. The SMILES string of the molecule is CCCCOc1ccccc1CNC(=O)COc1ccc(CNC2CCCCC2)cc1. The number of benzene rings is 2. The first-order chi connectivity index (χ1) is 15.2. The van der Waals surface area contributed by atoms with E-state index in [1.165, 1.54) is 37.7 Å². The van der Waals surface area contributed by atoms with Crippen LogP contribution in [-0.2, 0) is 17.9 Å². The first-order valence-corrected chi connectivity index (χ1v) is 11.7. The van der Waals surface area contributed by atoms with Crippen LogP contribution in [0.5, 0.6) is 11.5 Å². The predicted molar refractivity (Wildman–Crippen MR) is 124 cm³/mol. The molecule has 0 radical (unpaired) electrons. The molecule has 31 heavy (non-hydrogen) atoms. The minimum Gasteiger partial charge on any atom is -0.493 e. The van der Waals surface area contributed by atoms with Crippen LogP contribution < -0.4 is 20.1 Å². The molecule has 1 saturated carbocycles. The Hall–Kier alpha value is -2.53. The van der Waals surface area contributed by atoms with Gasteiger partial charge in [0, 0.05) is 24.7 Å². The van der Waals surface area contributed by atoms with Gasteiger partial charge in [0.15, 0.2) is 6.61 Å². The number of unbranched alkanes of at least 4 members (excludes halogenated alkanes) is 1. The second kappa shape index (κ2) is 13.0. The number of nitrogens with one attached hydrogen (secondary N) is 2. The van der Waals surface area contributed by atoms with Gasteiger partial charge in [0.1, 0.15) is 11.5 Å². The van der Waals surface area contributed by atoms with Crippen molar-refractivity contribution in [3.8, 4) is 11.5 Å². The van der Waals surface area contributed by atoms with Gasteiger partial charge in [-0.25, -0.2) is 0 Å². The van der Waals surface area contributed by atoms with E-state index in [9.17, 15) is 4.79 Å². The number of amides is 1. The second-order valence-corrected chi connectivity index (χ2v) is 8.23. The normalized spacial score (nSPS) is 14.2. The highest BCUT2D eigenvalue weighted by atomic mass is 16.5. The summed E-state index contributed by atoms with van der Waals surface area (Å²) in [6, 6.07) is 16.5. The van der Waals surface area contributed by atoms with Gasteiger partial charge in [0.25, 0.3) is 5.91 Å². The molecule has 3 rings (SSSR count). The van der Waals surface area contributed by atoms with Crippen LogP contribution in [0.1, 0.15) is 63.0 Å². The highest BCUT2D eigenvalue weighted by Gasteiger charge is 2.12. The van der Waals surface area contributed by atoms with Crippen LogP contribution in [0.15, 0.2) is 48.5 Å². The number of hydrogen-bond donors (Lipinski definition) is 2. The highest BCUT2D eigenvalue weighted by molar-refractivity contribution is 5.77. The monoisotopic (exact) mass is 424 g/mol. The molecule has 1 aliphatic rings. The molecule has 1 amide bonds. The van der Waals surface area contributed by atoms with Crippen molar-refractivity contribution in [2.24, 2.45) is 0 Å². The predicted octanol–water partition coefficient (Wildman–Crippen LogP) is 4.98. The van der Waals surface area contributed by atoms with Crippen LogP contribution in [0, 0.1) is 0 Å². The van der Waals surface area contributed by atoms with E-state index in [1.54, 1.807) is 0 Å². The van der Waals surface area contributed by atoms with Gasteiger partial charge in [-0.2, -0.15) is 0 Å². The van der Waals surface area contributed by atoms with Crippen molar-refractivity contribution in [1.29, 1.82) is 0 Å². The average Bonchev–Trinajstić information content (AvgIpc) is 2.82. The van der Waals surface area contributed by atoms with E-state index in [0.717, 1.165) is 30.7 Å². The number of hydrogen-bond acceptors (Lipinski definition) is 4. The fraction of sp³-hybridized carbons (Fsp3) is 0.500. The first-order valence-electron chi connectivity index (χ1n) is 11.7. The number of para-hydroxylation sites is 1. The van der Waals surface area contributed by atoms with Gasteiger partial charge < -0.3 is 20.1 Å². The van der Waals surface area contributed by atoms with E-state index in [-0.39, 0.29) is 12.5 Å². The maximum Gasteiger partial charge on any atom is 0.258 e. The van der Waals surface area contributed by atoms with Crippen LogP contribution in [0.3, 0.4) is 0 Å². The summed E-state index contributed by atoms with van der Waals surface area (Å²) in [5, 5.41) is 6.56. The molecule has 5 nitrogen and oxygen atoms in total. The molecule has 1 fully saturated rings. The molecule has 2 N–H and O–H groups in total. The largest absolute Gasteiger partial charge is 0.493 e. The minimum atomic E-state index is -0.147. The molecule has 2 aromatic carbocycles. The quantitative estimate of drug-likeness (QED) is 0.472. The fourth-order valence-electron chi connectivity index (χ4n) is 3.78. The smallest absolute Gasteiger partial charge is 0.258 e. The molecule has 0 bridgehead atoms. The number of carbonyl (C=O) groups excluding carboxylic acids is 1. The van der Waals surface area contributed by atoms with Crippen LogP contribution in [-0.4, -0.2) is 25.2 Å². The zero-order valence-corrected chi connectivity index (χ0v) is 18.7. The Morgan fingerprint density at radius 2 is 1.74 bits per heavy atom. The summed E-state index contributed by atoms with van der Waals surface area (Å²) in [5.41, 5.74) is 2.21. The molecule has 0 heterocycles. The molecule has 0 aromatic heterocycles. The lowest BCUT2D eigenvalue weighted by atomic mass is 9.95. The van der Waals surface area contributed by atoms with Gasteiger partial charge in [-0.1, -0.05) is 62.9 Å². The summed E-state index contributed by atoms with van der Waals surface area (Å²) in [6.45, 7) is 4.13. The maximum absolute atomic E-state index is 12.2. The summed E-state index contributed by atoms with van der Waals surface area (Å²) < 4.78 is 11.5. The van der Waals surface area contributed by atoms with Crippen molar-refractivity contribution in [3.63, 3.8) is 0 Å². The Morgan fingerprint density at radius 1 is 0.968 bits per heavy atom. The number of rotatable bonds is 12. The van der Waals surface area contributed by atoms with Crippen LogP contribution >= 0.6 is 0 Å². The minimum absolute atomic E-state index is 0.00146. The zero-order chi connectivity index (χ0) is 21.7. The lowest BCUT2D eigenvalue weighted by molar-refractivity contribution is -0.123. The molecule has 0 atom stereocenters. The third-order valence-electron chi connectivity index (χ3n) is 5.70. The van der Waals surface area contributed by atoms with Gasteiger partial charge in [-0.05, 0) is 43.0 Å². The van der Waals surface area contributed by atoms with Gasteiger partial charge >= 0.3 is 0 Å². The molecular formula is C26H36N2O3. The van der Waals surface area contributed by atoms with E-state index in [0.29, 0.717) is 24.9 Å². The van der Waals surface area contributed by atoms with E-state index in [1.807, 2.05) is 36.4 Å². The molecule has 2 aromatic rings. The van der Waals surface area contributed by atoms with Crippen molar-refractivity contribution >= 4 is 5.91 Å². The average molecular weight is 425 g/mol. The van der Waals surface area contributed by atoms with E-state index < -0.39 is 0 Å². The van der Waals surface area contributed by atoms with Crippen molar-refractivity contribution < 1.29 is 14.3 Å².